The van der Waals surface area contributed by atoms with Crippen LogP contribution in [0, 0.1) is 0 Å². The van der Waals surface area contributed by atoms with E-state index >= 15 is 0 Å². The standard InChI is InChI=1S/C12H18N2O/c15-9-2-1-5-11-7-6-10-4-3-8-13-12(10)14-11/h9,13H,1-8H2. The lowest BCUT2D eigenvalue weighted by Crippen LogP contribution is -2.24. The van der Waals surface area contributed by atoms with Crippen molar-refractivity contribution in [2.45, 2.75) is 44.9 Å². The minimum Gasteiger partial charge on any atom is -0.370 e. The molecule has 2 rings (SSSR count). The van der Waals surface area contributed by atoms with Crippen LogP contribution in [0.25, 0.3) is 0 Å². The Kier molecular flexibility index (Phi) is 3.54. The number of unbranched alkanes of at least 4 members (excludes halogenated alkanes) is 1. The van der Waals surface area contributed by atoms with Crippen LogP contribution < -0.4 is 5.32 Å². The number of carbonyl (C=O) groups is 1. The third kappa shape index (κ3) is 2.67. The van der Waals surface area contributed by atoms with Crippen molar-refractivity contribution in [1.29, 1.82) is 0 Å². The molecule has 0 aromatic rings. The minimum absolute atomic E-state index is 0.665. The highest BCUT2D eigenvalue weighted by Gasteiger charge is 2.17. The fourth-order valence-corrected chi connectivity index (χ4v) is 2.19. The summed E-state index contributed by atoms with van der Waals surface area (Å²) in [4.78, 5) is 14.9. The number of aliphatic imine (C=N–C) groups is 1. The summed E-state index contributed by atoms with van der Waals surface area (Å²) in [5, 5.41) is 3.36. The van der Waals surface area contributed by atoms with E-state index in [4.69, 9.17) is 0 Å². The number of aldehydes is 1. The summed E-state index contributed by atoms with van der Waals surface area (Å²) >= 11 is 0. The fraction of sp³-hybridized carbons (Fsp3) is 0.667. The summed E-state index contributed by atoms with van der Waals surface area (Å²) in [6.45, 7) is 1.06. The van der Waals surface area contributed by atoms with Crippen LogP contribution in [0.5, 0.6) is 0 Å². The van der Waals surface area contributed by atoms with Gasteiger partial charge >= 0.3 is 0 Å². The molecule has 1 N–H and O–H groups in total. The smallest absolute Gasteiger partial charge is 0.125 e. The van der Waals surface area contributed by atoms with Crippen molar-refractivity contribution in [3.05, 3.63) is 11.4 Å². The zero-order valence-corrected chi connectivity index (χ0v) is 9.09. The van der Waals surface area contributed by atoms with E-state index in [1.807, 2.05) is 0 Å². The Balaban J connectivity index is 1.94. The van der Waals surface area contributed by atoms with Crippen molar-refractivity contribution in [2.24, 2.45) is 4.99 Å². The van der Waals surface area contributed by atoms with Crippen LogP contribution in [0.2, 0.25) is 0 Å². The molecule has 0 saturated carbocycles. The first-order valence-corrected chi connectivity index (χ1v) is 5.86. The van der Waals surface area contributed by atoms with Gasteiger partial charge in [-0.05, 0) is 44.1 Å². The van der Waals surface area contributed by atoms with Crippen molar-refractivity contribution < 1.29 is 4.79 Å². The van der Waals surface area contributed by atoms with Crippen LogP contribution in [-0.4, -0.2) is 18.5 Å². The minimum atomic E-state index is 0.665. The molecule has 2 aliphatic rings. The molecule has 0 aromatic heterocycles. The van der Waals surface area contributed by atoms with E-state index in [1.54, 1.807) is 0 Å². The lowest BCUT2D eigenvalue weighted by molar-refractivity contribution is -0.107. The molecule has 0 atom stereocenters. The number of hydrogen-bond donors (Lipinski definition) is 1. The van der Waals surface area contributed by atoms with Crippen LogP contribution in [0.3, 0.4) is 0 Å². The molecule has 0 fully saturated rings. The molecule has 0 aliphatic carbocycles. The van der Waals surface area contributed by atoms with E-state index in [1.165, 1.54) is 30.5 Å². The van der Waals surface area contributed by atoms with Gasteiger partial charge in [0.05, 0.1) is 0 Å². The van der Waals surface area contributed by atoms with E-state index < -0.39 is 0 Å². The van der Waals surface area contributed by atoms with Crippen LogP contribution in [0.4, 0.5) is 0 Å². The maximum atomic E-state index is 10.2. The maximum absolute atomic E-state index is 10.2. The maximum Gasteiger partial charge on any atom is 0.125 e. The van der Waals surface area contributed by atoms with Crippen molar-refractivity contribution >= 4 is 12.0 Å². The fourth-order valence-electron chi connectivity index (χ4n) is 2.19. The van der Waals surface area contributed by atoms with Gasteiger partial charge in [-0.25, -0.2) is 4.99 Å². The Morgan fingerprint density at radius 2 is 2.27 bits per heavy atom. The molecule has 15 heavy (non-hydrogen) atoms. The third-order valence-corrected chi connectivity index (χ3v) is 3.06. The molecule has 0 spiro atoms. The van der Waals surface area contributed by atoms with Gasteiger partial charge in [-0.3, -0.25) is 0 Å². The summed E-state index contributed by atoms with van der Waals surface area (Å²) in [5.41, 5.74) is 2.77. The summed E-state index contributed by atoms with van der Waals surface area (Å²) < 4.78 is 0. The first-order valence-electron chi connectivity index (χ1n) is 5.86. The molecule has 82 valence electrons. The predicted molar refractivity (Wildman–Crippen MR) is 60.8 cm³/mol. The first kappa shape index (κ1) is 10.4. The predicted octanol–water partition coefficient (Wildman–Crippen LogP) is 2.19. The molecule has 0 unspecified atom stereocenters. The van der Waals surface area contributed by atoms with E-state index in [0.29, 0.717) is 6.42 Å². The van der Waals surface area contributed by atoms with Gasteiger partial charge in [0.2, 0.25) is 0 Å². The molecule has 0 saturated heterocycles. The quantitative estimate of drug-likeness (QED) is 0.566. The first-order chi connectivity index (χ1) is 7.40. The van der Waals surface area contributed by atoms with Gasteiger partial charge in [-0.2, -0.15) is 0 Å². The average molecular weight is 206 g/mol. The number of nitrogens with zero attached hydrogens (tertiary/aromatic N) is 1. The lowest BCUT2D eigenvalue weighted by Gasteiger charge is -2.24. The molecule has 0 amide bonds. The van der Waals surface area contributed by atoms with E-state index in [2.05, 4.69) is 10.3 Å². The van der Waals surface area contributed by atoms with Gasteiger partial charge in [0.15, 0.2) is 0 Å². The monoisotopic (exact) mass is 206 g/mol. The molecule has 0 aromatic carbocycles. The topological polar surface area (TPSA) is 41.5 Å². The molecule has 3 nitrogen and oxygen atoms in total. The SMILES string of the molecule is O=CCCCC1=NC2=C(CCCN2)CC1. The summed E-state index contributed by atoms with van der Waals surface area (Å²) in [5.74, 6) is 1.13. The summed E-state index contributed by atoms with van der Waals surface area (Å²) in [6.07, 6.45) is 8.32. The second-order valence-corrected chi connectivity index (χ2v) is 4.22. The Morgan fingerprint density at radius 1 is 1.33 bits per heavy atom. The lowest BCUT2D eigenvalue weighted by atomic mass is 9.96. The molecule has 0 radical (unpaired) electrons. The van der Waals surface area contributed by atoms with E-state index in [-0.39, 0.29) is 0 Å². The largest absolute Gasteiger partial charge is 0.370 e. The molecule has 0 bridgehead atoms. The molecular weight excluding hydrogens is 188 g/mol. The number of nitrogens with one attached hydrogen (secondary N) is 1. The van der Waals surface area contributed by atoms with Gasteiger partial charge < -0.3 is 10.1 Å². The Labute approximate surface area is 90.7 Å². The molecule has 2 heterocycles. The van der Waals surface area contributed by atoms with E-state index in [9.17, 15) is 4.79 Å². The van der Waals surface area contributed by atoms with Gasteiger partial charge in [0.1, 0.15) is 12.1 Å². The Bertz CT molecular complexity index is 305. The normalized spacial score (nSPS) is 20.4. The van der Waals surface area contributed by atoms with Crippen LogP contribution in [0.15, 0.2) is 16.4 Å². The highest BCUT2D eigenvalue weighted by Crippen LogP contribution is 2.25. The average Bonchev–Trinajstić information content (AvgIpc) is 2.29. The highest BCUT2D eigenvalue weighted by molar-refractivity contribution is 5.86. The second-order valence-electron chi connectivity index (χ2n) is 4.22. The number of carbonyl (C=O) groups excluding carboxylic acids is 1. The molecule has 2 aliphatic heterocycles. The summed E-state index contributed by atoms with van der Waals surface area (Å²) in [6, 6.07) is 0. The third-order valence-electron chi connectivity index (χ3n) is 3.06. The van der Waals surface area contributed by atoms with Gasteiger partial charge in [0, 0.05) is 18.7 Å². The highest BCUT2D eigenvalue weighted by atomic mass is 16.1. The Hall–Kier alpha value is -1.12. The van der Waals surface area contributed by atoms with Crippen LogP contribution in [-0.2, 0) is 4.79 Å². The van der Waals surface area contributed by atoms with Crippen molar-refractivity contribution in [3.63, 3.8) is 0 Å². The molecular formula is C12H18N2O. The number of hydrogen-bond acceptors (Lipinski definition) is 3. The zero-order valence-electron chi connectivity index (χ0n) is 9.09. The van der Waals surface area contributed by atoms with Crippen molar-refractivity contribution in [3.8, 4) is 0 Å². The van der Waals surface area contributed by atoms with Crippen molar-refractivity contribution in [2.75, 3.05) is 6.54 Å². The Morgan fingerprint density at radius 3 is 3.13 bits per heavy atom. The second kappa shape index (κ2) is 5.10. The zero-order chi connectivity index (χ0) is 10.5. The van der Waals surface area contributed by atoms with Crippen molar-refractivity contribution in [1.82, 2.24) is 5.32 Å². The van der Waals surface area contributed by atoms with Crippen LogP contribution >= 0.6 is 0 Å². The summed E-state index contributed by atoms with van der Waals surface area (Å²) in [7, 11) is 0. The van der Waals surface area contributed by atoms with Crippen LogP contribution in [0.1, 0.15) is 44.9 Å². The van der Waals surface area contributed by atoms with E-state index in [0.717, 1.165) is 37.9 Å². The van der Waals surface area contributed by atoms with Gasteiger partial charge in [0.25, 0.3) is 0 Å². The van der Waals surface area contributed by atoms with Gasteiger partial charge in [-0.1, -0.05) is 0 Å². The number of rotatable bonds is 4. The van der Waals surface area contributed by atoms with Gasteiger partial charge in [-0.15, -0.1) is 0 Å². The molecule has 3 heteroatoms. The number of allylic oxidation sites excluding steroid dienone is 1.